The third-order valence-corrected chi connectivity index (χ3v) is 2.69. The summed E-state index contributed by atoms with van der Waals surface area (Å²) >= 11 is 0. The standard InChI is InChI=1S/C9H18N2O2/c1-3-7-5-4-6-8(7)10-9(12)11-13-2/h7-8H,3-6H2,1-2H3,(H2,10,11,12). The molecule has 2 N–H and O–H groups in total. The normalized spacial score (nSPS) is 27.2. The van der Waals surface area contributed by atoms with Gasteiger partial charge in [-0.1, -0.05) is 19.8 Å². The predicted molar refractivity (Wildman–Crippen MR) is 50.1 cm³/mol. The number of hydrogen-bond donors (Lipinski definition) is 2. The van der Waals surface area contributed by atoms with E-state index in [4.69, 9.17) is 0 Å². The van der Waals surface area contributed by atoms with Crippen LogP contribution in [0.5, 0.6) is 0 Å². The van der Waals surface area contributed by atoms with Crippen LogP contribution in [0.1, 0.15) is 32.6 Å². The van der Waals surface area contributed by atoms with Gasteiger partial charge in [0.25, 0.3) is 0 Å². The van der Waals surface area contributed by atoms with Crippen LogP contribution < -0.4 is 10.8 Å². The molecule has 0 saturated heterocycles. The molecule has 1 rings (SSSR count). The van der Waals surface area contributed by atoms with Crippen LogP contribution in [0.25, 0.3) is 0 Å². The summed E-state index contributed by atoms with van der Waals surface area (Å²) in [6, 6.07) is 0.105. The Balaban J connectivity index is 2.30. The quantitative estimate of drug-likeness (QED) is 0.655. The fourth-order valence-electron chi connectivity index (χ4n) is 2.01. The zero-order chi connectivity index (χ0) is 9.68. The SMILES string of the molecule is CCC1CCCC1NC(=O)NOC. The Morgan fingerprint density at radius 1 is 1.54 bits per heavy atom. The first kappa shape index (κ1) is 10.3. The Labute approximate surface area is 79.0 Å². The highest BCUT2D eigenvalue weighted by molar-refractivity contribution is 5.73. The van der Waals surface area contributed by atoms with Gasteiger partial charge in [-0.25, -0.2) is 10.3 Å². The van der Waals surface area contributed by atoms with Gasteiger partial charge < -0.3 is 5.32 Å². The molecule has 0 aliphatic heterocycles. The molecule has 2 unspecified atom stereocenters. The first-order valence-electron chi connectivity index (χ1n) is 4.87. The molecule has 1 fully saturated rings. The van der Waals surface area contributed by atoms with Crippen molar-refractivity contribution in [2.45, 2.75) is 38.6 Å². The van der Waals surface area contributed by atoms with Crippen molar-refractivity contribution in [2.24, 2.45) is 5.92 Å². The summed E-state index contributed by atoms with van der Waals surface area (Å²) in [6.07, 6.45) is 4.68. The Kier molecular flexibility index (Phi) is 4.02. The van der Waals surface area contributed by atoms with Crippen molar-refractivity contribution in [3.63, 3.8) is 0 Å². The van der Waals surface area contributed by atoms with Gasteiger partial charge in [0.15, 0.2) is 0 Å². The summed E-state index contributed by atoms with van der Waals surface area (Å²) in [5, 5.41) is 2.91. The number of nitrogens with one attached hydrogen (secondary N) is 2. The molecule has 0 aromatic heterocycles. The fourth-order valence-corrected chi connectivity index (χ4v) is 2.01. The van der Waals surface area contributed by atoms with Crippen molar-refractivity contribution in [1.29, 1.82) is 0 Å². The molecular weight excluding hydrogens is 168 g/mol. The number of hydrogen-bond acceptors (Lipinski definition) is 2. The van der Waals surface area contributed by atoms with E-state index in [2.05, 4.69) is 22.6 Å². The van der Waals surface area contributed by atoms with E-state index in [1.807, 2.05) is 0 Å². The molecule has 0 heterocycles. The number of carbonyl (C=O) groups is 1. The minimum absolute atomic E-state index is 0.229. The van der Waals surface area contributed by atoms with Gasteiger partial charge in [0.1, 0.15) is 0 Å². The Hall–Kier alpha value is -0.770. The second-order valence-electron chi connectivity index (χ2n) is 3.49. The van der Waals surface area contributed by atoms with Gasteiger partial charge in [-0.2, -0.15) is 0 Å². The second kappa shape index (κ2) is 5.07. The van der Waals surface area contributed by atoms with E-state index in [0.717, 1.165) is 12.8 Å². The molecule has 0 radical (unpaired) electrons. The molecule has 76 valence electrons. The molecule has 13 heavy (non-hydrogen) atoms. The topological polar surface area (TPSA) is 50.4 Å². The van der Waals surface area contributed by atoms with Crippen LogP contribution in [0, 0.1) is 5.92 Å². The van der Waals surface area contributed by atoms with Crippen LogP contribution in [0.15, 0.2) is 0 Å². The van der Waals surface area contributed by atoms with Gasteiger partial charge in [0.2, 0.25) is 0 Å². The second-order valence-corrected chi connectivity index (χ2v) is 3.49. The number of rotatable bonds is 3. The Morgan fingerprint density at radius 2 is 2.31 bits per heavy atom. The van der Waals surface area contributed by atoms with E-state index in [0.29, 0.717) is 12.0 Å². The summed E-state index contributed by atoms with van der Waals surface area (Å²) in [5.74, 6) is 0.641. The molecule has 1 aliphatic carbocycles. The van der Waals surface area contributed by atoms with E-state index in [1.54, 1.807) is 0 Å². The zero-order valence-electron chi connectivity index (χ0n) is 8.30. The van der Waals surface area contributed by atoms with E-state index in [1.165, 1.54) is 20.0 Å². The van der Waals surface area contributed by atoms with Gasteiger partial charge in [-0.15, -0.1) is 0 Å². The summed E-state index contributed by atoms with van der Waals surface area (Å²) in [7, 11) is 1.44. The molecule has 4 heteroatoms. The highest BCUT2D eigenvalue weighted by Gasteiger charge is 2.26. The smallest absolute Gasteiger partial charge is 0.333 e. The van der Waals surface area contributed by atoms with Crippen molar-refractivity contribution in [1.82, 2.24) is 10.8 Å². The Bertz CT molecular complexity index is 173. The van der Waals surface area contributed by atoms with Crippen LogP contribution in [0.2, 0.25) is 0 Å². The monoisotopic (exact) mass is 186 g/mol. The van der Waals surface area contributed by atoms with Crippen LogP contribution in [-0.2, 0) is 4.84 Å². The first-order valence-corrected chi connectivity index (χ1v) is 4.87. The van der Waals surface area contributed by atoms with E-state index in [-0.39, 0.29) is 6.03 Å². The van der Waals surface area contributed by atoms with E-state index in [9.17, 15) is 4.79 Å². The lowest BCUT2D eigenvalue weighted by molar-refractivity contribution is 0.105. The largest absolute Gasteiger partial charge is 0.338 e. The maximum absolute atomic E-state index is 11.1. The van der Waals surface area contributed by atoms with Gasteiger partial charge in [-0.05, 0) is 18.8 Å². The summed E-state index contributed by atoms with van der Waals surface area (Å²) in [6.45, 7) is 2.17. The Morgan fingerprint density at radius 3 is 2.92 bits per heavy atom. The van der Waals surface area contributed by atoms with Crippen molar-refractivity contribution >= 4 is 6.03 Å². The molecule has 1 aliphatic rings. The average Bonchev–Trinajstić information content (AvgIpc) is 2.52. The highest BCUT2D eigenvalue weighted by Crippen LogP contribution is 2.27. The lowest BCUT2D eigenvalue weighted by atomic mass is 10.0. The van der Waals surface area contributed by atoms with Gasteiger partial charge in [0, 0.05) is 6.04 Å². The minimum Gasteiger partial charge on any atom is -0.333 e. The molecule has 0 spiro atoms. The third kappa shape index (κ3) is 2.88. The number of hydroxylamine groups is 1. The highest BCUT2D eigenvalue weighted by atomic mass is 16.6. The van der Waals surface area contributed by atoms with E-state index >= 15 is 0 Å². The maximum Gasteiger partial charge on any atom is 0.338 e. The number of urea groups is 1. The maximum atomic E-state index is 11.1. The van der Waals surface area contributed by atoms with Crippen molar-refractivity contribution in [3.8, 4) is 0 Å². The fraction of sp³-hybridized carbons (Fsp3) is 0.889. The molecule has 0 bridgehead atoms. The minimum atomic E-state index is -0.229. The van der Waals surface area contributed by atoms with Crippen LogP contribution in [0.3, 0.4) is 0 Å². The zero-order valence-corrected chi connectivity index (χ0v) is 8.30. The van der Waals surface area contributed by atoms with Gasteiger partial charge in [-0.3, -0.25) is 4.84 Å². The number of amides is 2. The molecule has 0 aromatic carbocycles. The van der Waals surface area contributed by atoms with Crippen molar-refractivity contribution in [2.75, 3.05) is 7.11 Å². The summed E-state index contributed by atoms with van der Waals surface area (Å²) < 4.78 is 0. The van der Waals surface area contributed by atoms with Gasteiger partial charge >= 0.3 is 6.03 Å². The molecule has 2 amide bonds. The summed E-state index contributed by atoms with van der Waals surface area (Å²) in [4.78, 5) is 15.6. The predicted octanol–water partition coefficient (Wildman–Crippen LogP) is 1.43. The molecular formula is C9H18N2O2. The molecule has 4 nitrogen and oxygen atoms in total. The number of carbonyl (C=O) groups excluding carboxylic acids is 1. The summed E-state index contributed by atoms with van der Waals surface area (Å²) in [5.41, 5.74) is 2.27. The van der Waals surface area contributed by atoms with E-state index < -0.39 is 0 Å². The lowest BCUT2D eigenvalue weighted by Crippen LogP contribution is -2.43. The van der Waals surface area contributed by atoms with Crippen LogP contribution >= 0.6 is 0 Å². The van der Waals surface area contributed by atoms with Crippen LogP contribution in [-0.4, -0.2) is 19.2 Å². The molecule has 1 saturated carbocycles. The van der Waals surface area contributed by atoms with Crippen LogP contribution in [0.4, 0.5) is 4.79 Å². The molecule has 2 atom stereocenters. The average molecular weight is 186 g/mol. The first-order chi connectivity index (χ1) is 6.27. The van der Waals surface area contributed by atoms with Crippen molar-refractivity contribution in [3.05, 3.63) is 0 Å². The lowest BCUT2D eigenvalue weighted by Gasteiger charge is -2.19. The molecule has 0 aromatic rings. The third-order valence-electron chi connectivity index (χ3n) is 2.69. The van der Waals surface area contributed by atoms with Crippen molar-refractivity contribution < 1.29 is 9.63 Å². The van der Waals surface area contributed by atoms with Gasteiger partial charge in [0.05, 0.1) is 7.11 Å².